The second-order valence-electron chi connectivity index (χ2n) is 5.08. The van der Waals surface area contributed by atoms with E-state index in [-0.39, 0.29) is 30.8 Å². The van der Waals surface area contributed by atoms with Crippen molar-refractivity contribution in [2.75, 3.05) is 13.8 Å². The highest BCUT2D eigenvalue weighted by molar-refractivity contribution is 14.0. The van der Waals surface area contributed by atoms with Gasteiger partial charge in [-0.25, -0.2) is 0 Å². The number of ether oxygens (including phenoxy) is 2. The van der Waals surface area contributed by atoms with Gasteiger partial charge in [-0.1, -0.05) is 30.3 Å². The van der Waals surface area contributed by atoms with E-state index < -0.39 is 0 Å². The van der Waals surface area contributed by atoms with Crippen LogP contribution in [0.4, 0.5) is 0 Å². The molecule has 2 aromatic carbocycles. The van der Waals surface area contributed by atoms with E-state index in [4.69, 9.17) is 9.47 Å². The zero-order valence-corrected chi connectivity index (χ0v) is 17.1. The summed E-state index contributed by atoms with van der Waals surface area (Å²) in [5.41, 5.74) is 2.30. The average molecular weight is 504 g/mol. The summed E-state index contributed by atoms with van der Waals surface area (Å²) < 4.78 is 11.7. The van der Waals surface area contributed by atoms with E-state index in [9.17, 15) is 0 Å². The summed E-state index contributed by atoms with van der Waals surface area (Å²) in [6, 6.07) is 14.2. The van der Waals surface area contributed by atoms with Crippen LogP contribution in [0.5, 0.6) is 11.5 Å². The minimum Gasteiger partial charge on any atom is -0.454 e. The first-order chi connectivity index (χ1) is 11.3. The summed E-state index contributed by atoms with van der Waals surface area (Å²) in [7, 11) is 1.76. The molecule has 0 saturated carbocycles. The van der Waals surface area contributed by atoms with Crippen LogP contribution in [0.3, 0.4) is 0 Å². The van der Waals surface area contributed by atoms with Gasteiger partial charge in [0.05, 0.1) is 4.47 Å². The third-order valence-electron chi connectivity index (χ3n) is 3.47. The van der Waals surface area contributed by atoms with Crippen LogP contribution in [0.25, 0.3) is 0 Å². The van der Waals surface area contributed by atoms with Crippen LogP contribution in [-0.2, 0) is 13.1 Å². The van der Waals surface area contributed by atoms with Crippen molar-refractivity contribution in [1.29, 1.82) is 0 Å². The SMILES string of the molecule is CN=C(NCc1ccccc1)NCc1cc(Br)c2c(c1)OCO2.I. The Hall–Kier alpha value is -1.48. The van der Waals surface area contributed by atoms with Gasteiger partial charge in [-0.2, -0.15) is 0 Å². The largest absolute Gasteiger partial charge is 0.454 e. The molecule has 24 heavy (non-hydrogen) atoms. The topological polar surface area (TPSA) is 54.9 Å². The average Bonchev–Trinajstić information content (AvgIpc) is 3.05. The predicted molar refractivity (Wildman–Crippen MR) is 109 cm³/mol. The Kier molecular flexibility index (Phi) is 7.16. The number of fused-ring (bicyclic) bond motifs is 1. The molecule has 2 N–H and O–H groups in total. The molecular weight excluding hydrogens is 485 g/mol. The van der Waals surface area contributed by atoms with Crippen molar-refractivity contribution in [3.8, 4) is 11.5 Å². The molecule has 0 unspecified atom stereocenters. The lowest BCUT2D eigenvalue weighted by atomic mass is 10.2. The fourth-order valence-corrected chi connectivity index (χ4v) is 2.91. The van der Waals surface area contributed by atoms with Crippen molar-refractivity contribution in [3.63, 3.8) is 0 Å². The molecule has 0 aliphatic carbocycles. The quantitative estimate of drug-likeness (QED) is 0.380. The summed E-state index contributed by atoms with van der Waals surface area (Å²) in [5, 5.41) is 6.59. The zero-order chi connectivity index (χ0) is 16.1. The molecule has 0 aromatic heterocycles. The van der Waals surface area contributed by atoms with Gasteiger partial charge in [0.2, 0.25) is 6.79 Å². The minimum atomic E-state index is 0. The van der Waals surface area contributed by atoms with Gasteiger partial charge in [0.1, 0.15) is 0 Å². The molecule has 5 nitrogen and oxygen atoms in total. The second kappa shape index (κ2) is 9.12. The lowest BCUT2D eigenvalue weighted by molar-refractivity contribution is 0.173. The summed E-state index contributed by atoms with van der Waals surface area (Å²) >= 11 is 3.50. The minimum absolute atomic E-state index is 0. The van der Waals surface area contributed by atoms with Crippen LogP contribution in [0.1, 0.15) is 11.1 Å². The van der Waals surface area contributed by atoms with Crippen molar-refractivity contribution >= 4 is 45.9 Å². The second-order valence-corrected chi connectivity index (χ2v) is 5.93. The van der Waals surface area contributed by atoms with Crippen molar-refractivity contribution in [1.82, 2.24) is 10.6 Å². The Morgan fingerprint density at radius 3 is 2.50 bits per heavy atom. The fourth-order valence-electron chi connectivity index (χ4n) is 2.31. The van der Waals surface area contributed by atoms with Gasteiger partial charge in [-0.15, -0.1) is 24.0 Å². The molecule has 7 heteroatoms. The standard InChI is InChI=1S/C17H18BrN3O2.HI/c1-19-17(20-9-12-5-3-2-4-6-12)21-10-13-7-14(18)16-15(8-13)22-11-23-16;/h2-8H,9-11H2,1H3,(H2,19,20,21);1H. The van der Waals surface area contributed by atoms with Crippen LogP contribution >= 0.6 is 39.9 Å². The maximum atomic E-state index is 5.43. The lowest BCUT2D eigenvalue weighted by Crippen LogP contribution is -2.36. The molecule has 3 rings (SSSR count). The number of nitrogens with one attached hydrogen (secondary N) is 2. The third-order valence-corrected chi connectivity index (χ3v) is 4.06. The molecule has 0 saturated heterocycles. The van der Waals surface area contributed by atoms with Gasteiger partial charge in [0.25, 0.3) is 0 Å². The number of halogens is 2. The maximum Gasteiger partial charge on any atom is 0.231 e. The van der Waals surface area contributed by atoms with Crippen molar-refractivity contribution in [2.45, 2.75) is 13.1 Å². The summed E-state index contributed by atoms with van der Waals surface area (Å²) in [6.45, 7) is 1.64. The van der Waals surface area contributed by atoms with Crippen LogP contribution in [0.2, 0.25) is 0 Å². The predicted octanol–water partition coefficient (Wildman–Crippen LogP) is 3.66. The molecule has 2 aromatic rings. The highest BCUT2D eigenvalue weighted by Crippen LogP contribution is 2.39. The maximum absolute atomic E-state index is 5.43. The highest BCUT2D eigenvalue weighted by Gasteiger charge is 2.17. The Balaban J connectivity index is 0.00000208. The van der Waals surface area contributed by atoms with Gasteiger partial charge in [0, 0.05) is 20.1 Å². The van der Waals surface area contributed by atoms with Crippen molar-refractivity contribution < 1.29 is 9.47 Å². The molecule has 0 fully saturated rings. The van der Waals surface area contributed by atoms with Gasteiger partial charge < -0.3 is 20.1 Å². The van der Waals surface area contributed by atoms with E-state index in [0.29, 0.717) is 6.54 Å². The Labute approximate surface area is 167 Å². The number of hydrogen-bond acceptors (Lipinski definition) is 3. The molecule has 0 atom stereocenters. The number of aliphatic imine (C=N–C) groups is 1. The van der Waals surface area contributed by atoms with Crippen LogP contribution < -0.4 is 20.1 Å². The lowest BCUT2D eigenvalue weighted by Gasteiger charge is -2.12. The van der Waals surface area contributed by atoms with E-state index in [1.165, 1.54) is 5.56 Å². The molecule has 1 aliphatic heterocycles. The molecule has 128 valence electrons. The van der Waals surface area contributed by atoms with Crippen LogP contribution in [0, 0.1) is 0 Å². The summed E-state index contributed by atoms with van der Waals surface area (Å²) in [4.78, 5) is 4.24. The van der Waals surface area contributed by atoms with E-state index in [1.54, 1.807) is 7.05 Å². The zero-order valence-electron chi connectivity index (χ0n) is 13.2. The monoisotopic (exact) mass is 503 g/mol. The molecule has 0 amide bonds. The first-order valence-electron chi connectivity index (χ1n) is 7.32. The number of nitrogens with zero attached hydrogens (tertiary/aromatic N) is 1. The molecule has 1 heterocycles. The normalized spacial score (nSPS) is 12.5. The summed E-state index contributed by atoms with van der Waals surface area (Å²) in [5.74, 6) is 2.28. The number of rotatable bonds is 4. The molecule has 0 bridgehead atoms. The van der Waals surface area contributed by atoms with Crippen molar-refractivity contribution in [3.05, 3.63) is 58.1 Å². The fraction of sp³-hybridized carbons (Fsp3) is 0.235. The Morgan fingerprint density at radius 2 is 1.79 bits per heavy atom. The molecule has 0 radical (unpaired) electrons. The number of hydrogen-bond donors (Lipinski definition) is 2. The van der Waals surface area contributed by atoms with Crippen LogP contribution in [-0.4, -0.2) is 19.8 Å². The molecular formula is C17H19BrIN3O2. The first kappa shape index (κ1) is 18.9. The smallest absolute Gasteiger partial charge is 0.231 e. The number of benzene rings is 2. The Bertz CT molecular complexity index is 710. The highest BCUT2D eigenvalue weighted by atomic mass is 127. The molecule has 1 aliphatic rings. The van der Waals surface area contributed by atoms with Gasteiger partial charge in [-0.3, -0.25) is 4.99 Å². The van der Waals surface area contributed by atoms with E-state index in [0.717, 1.165) is 34.0 Å². The van der Waals surface area contributed by atoms with Gasteiger partial charge in [-0.05, 0) is 39.2 Å². The van der Waals surface area contributed by atoms with Gasteiger partial charge >= 0.3 is 0 Å². The molecule has 0 spiro atoms. The van der Waals surface area contributed by atoms with E-state index in [2.05, 4.69) is 43.7 Å². The third kappa shape index (κ3) is 4.76. The van der Waals surface area contributed by atoms with E-state index >= 15 is 0 Å². The Morgan fingerprint density at radius 1 is 1.08 bits per heavy atom. The van der Waals surface area contributed by atoms with Crippen molar-refractivity contribution in [2.24, 2.45) is 4.99 Å². The van der Waals surface area contributed by atoms with Crippen LogP contribution in [0.15, 0.2) is 51.9 Å². The number of guanidine groups is 1. The first-order valence-corrected chi connectivity index (χ1v) is 8.12. The van der Waals surface area contributed by atoms with Gasteiger partial charge in [0.15, 0.2) is 17.5 Å². The summed E-state index contributed by atoms with van der Waals surface area (Å²) in [6.07, 6.45) is 0. The van der Waals surface area contributed by atoms with E-state index in [1.807, 2.05) is 30.3 Å².